The lowest BCUT2D eigenvalue weighted by molar-refractivity contribution is -0.123. The van der Waals surface area contributed by atoms with E-state index >= 15 is 0 Å². The molecular weight excluding hydrogens is 258 g/mol. The number of carbonyl (C=O) groups is 1. The molecule has 0 spiro atoms. The monoisotopic (exact) mass is 275 g/mol. The molecule has 2 aromatic rings. The van der Waals surface area contributed by atoms with Crippen molar-refractivity contribution in [3.63, 3.8) is 0 Å². The van der Waals surface area contributed by atoms with E-state index in [4.69, 9.17) is 9.15 Å². The first-order valence-electron chi connectivity index (χ1n) is 6.49. The molecule has 0 aliphatic heterocycles. The predicted molar refractivity (Wildman–Crippen MR) is 73.3 cm³/mol. The van der Waals surface area contributed by atoms with E-state index in [1.54, 1.807) is 19.1 Å². The smallest absolute Gasteiger partial charge is 0.257 e. The number of carbonyl (C=O) groups excluding carboxylic acids is 1. The lowest BCUT2D eigenvalue weighted by Gasteiger charge is -2.06. The number of hydrogen-bond acceptors (Lipinski definition) is 5. The van der Waals surface area contributed by atoms with Crippen molar-refractivity contribution < 1.29 is 13.9 Å². The maximum absolute atomic E-state index is 11.4. The molecule has 1 amide bonds. The summed E-state index contributed by atoms with van der Waals surface area (Å²) < 4.78 is 10.7. The van der Waals surface area contributed by atoms with Crippen molar-refractivity contribution in [2.24, 2.45) is 0 Å². The standard InChI is InChI=1S/C14H17N3O3/c1-3-8-15-13(18)9-19-12-6-4-11(5-7-12)14-17-16-10(2)20-14/h4-7H,3,8-9H2,1-2H3,(H,15,18). The van der Waals surface area contributed by atoms with Crippen LogP contribution in [0.5, 0.6) is 5.75 Å². The van der Waals surface area contributed by atoms with Gasteiger partial charge in [-0.05, 0) is 30.7 Å². The van der Waals surface area contributed by atoms with Crippen molar-refractivity contribution in [1.29, 1.82) is 0 Å². The first-order valence-corrected chi connectivity index (χ1v) is 6.49. The predicted octanol–water partition coefficient (Wildman–Crippen LogP) is 1.95. The van der Waals surface area contributed by atoms with Gasteiger partial charge in [0.1, 0.15) is 5.75 Å². The maximum Gasteiger partial charge on any atom is 0.257 e. The first kappa shape index (κ1) is 14.0. The van der Waals surface area contributed by atoms with E-state index in [0.717, 1.165) is 12.0 Å². The van der Waals surface area contributed by atoms with Crippen molar-refractivity contribution >= 4 is 5.91 Å². The highest BCUT2D eigenvalue weighted by Gasteiger charge is 2.06. The van der Waals surface area contributed by atoms with Crippen molar-refractivity contribution in [3.8, 4) is 17.2 Å². The van der Waals surface area contributed by atoms with Crippen LogP contribution >= 0.6 is 0 Å². The number of ether oxygens (including phenoxy) is 1. The van der Waals surface area contributed by atoms with E-state index in [2.05, 4.69) is 15.5 Å². The molecule has 6 nitrogen and oxygen atoms in total. The molecule has 0 saturated heterocycles. The molecule has 0 bridgehead atoms. The van der Waals surface area contributed by atoms with Crippen LogP contribution in [0.1, 0.15) is 19.2 Å². The molecule has 0 radical (unpaired) electrons. The SMILES string of the molecule is CCCNC(=O)COc1ccc(-c2nnc(C)o2)cc1. The number of aromatic nitrogens is 2. The molecule has 0 saturated carbocycles. The van der Waals surface area contributed by atoms with E-state index in [1.807, 2.05) is 19.1 Å². The normalized spacial score (nSPS) is 10.3. The molecular formula is C14H17N3O3. The number of benzene rings is 1. The molecule has 1 aromatic carbocycles. The minimum absolute atomic E-state index is 0.0129. The fourth-order valence-corrected chi connectivity index (χ4v) is 1.57. The van der Waals surface area contributed by atoms with Gasteiger partial charge in [0, 0.05) is 19.0 Å². The molecule has 0 aliphatic carbocycles. The highest BCUT2D eigenvalue weighted by atomic mass is 16.5. The average Bonchev–Trinajstić information content (AvgIpc) is 2.90. The summed E-state index contributed by atoms with van der Waals surface area (Å²) in [7, 11) is 0. The van der Waals surface area contributed by atoms with Crippen LogP contribution in [0, 0.1) is 6.92 Å². The largest absolute Gasteiger partial charge is 0.484 e. The molecule has 1 aromatic heterocycles. The fraction of sp³-hybridized carbons (Fsp3) is 0.357. The van der Waals surface area contributed by atoms with Crippen molar-refractivity contribution in [2.45, 2.75) is 20.3 Å². The minimum Gasteiger partial charge on any atom is -0.484 e. The Labute approximate surface area is 117 Å². The van der Waals surface area contributed by atoms with Crippen LogP contribution in [0.4, 0.5) is 0 Å². The van der Waals surface area contributed by atoms with Crippen LogP contribution in [-0.4, -0.2) is 29.3 Å². The Bertz CT molecular complexity index is 563. The summed E-state index contributed by atoms with van der Waals surface area (Å²) >= 11 is 0. The van der Waals surface area contributed by atoms with Gasteiger partial charge in [-0.15, -0.1) is 10.2 Å². The van der Waals surface area contributed by atoms with E-state index < -0.39 is 0 Å². The van der Waals surface area contributed by atoms with E-state index in [1.165, 1.54) is 0 Å². The Morgan fingerprint density at radius 3 is 2.65 bits per heavy atom. The van der Waals surface area contributed by atoms with Crippen LogP contribution in [0.3, 0.4) is 0 Å². The topological polar surface area (TPSA) is 77.2 Å². The van der Waals surface area contributed by atoms with Crippen molar-refractivity contribution in [2.75, 3.05) is 13.2 Å². The zero-order chi connectivity index (χ0) is 14.4. The van der Waals surface area contributed by atoms with Crippen molar-refractivity contribution in [3.05, 3.63) is 30.2 Å². The van der Waals surface area contributed by atoms with Gasteiger partial charge < -0.3 is 14.5 Å². The molecule has 20 heavy (non-hydrogen) atoms. The van der Waals surface area contributed by atoms with Gasteiger partial charge in [-0.3, -0.25) is 4.79 Å². The third-order valence-corrected chi connectivity index (χ3v) is 2.57. The Balaban J connectivity index is 1.90. The van der Waals surface area contributed by atoms with Crippen molar-refractivity contribution in [1.82, 2.24) is 15.5 Å². The minimum atomic E-state index is -0.122. The molecule has 1 N–H and O–H groups in total. The highest BCUT2D eigenvalue weighted by Crippen LogP contribution is 2.20. The molecule has 0 fully saturated rings. The van der Waals surface area contributed by atoms with Gasteiger partial charge in [0.2, 0.25) is 11.8 Å². The van der Waals surface area contributed by atoms with Gasteiger partial charge >= 0.3 is 0 Å². The second-order valence-corrected chi connectivity index (χ2v) is 4.29. The third kappa shape index (κ3) is 3.81. The molecule has 6 heteroatoms. The van der Waals surface area contributed by atoms with Crippen LogP contribution in [0.15, 0.2) is 28.7 Å². The Morgan fingerprint density at radius 1 is 1.30 bits per heavy atom. The van der Waals surface area contributed by atoms with Gasteiger partial charge in [0.05, 0.1) is 0 Å². The Hall–Kier alpha value is -2.37. The van der Waals surface area contributed by atoms with Crippen LogP contribution in [0.25, 0.3) is 11.5 Å². The fourth-order valence-electron chi connectivity index (χ4n) is 1.57. The van der Waals surface area contributed by atoms with E-state index in [0.29, 0.717) is 24.1 Å². The molecule has 106 valence electrons. The highest BCUT2D eigenvalue weighted by molar-refractivity contribution is 5.77. The Kier molecular flexibility index (Phi) is 4.70. The number of rotatable bonds is 6. The molecule has 2 rings (SSSR count). The second-order valence-electron chi connectivity index (χ2n) is 4.29. The summed E-state index contributed by atoms with van der Waals surface area (Å²) in [6, 6.07) is 7.16. The number of nitrogens with zero attached hydrogens (tertiary/aromatic N) is 2. The number of aryl methyl sites for hydroxylation is 1. The number of hydrogen-bond donors (Lipinski definition) is 1. The lowest BCUT2D eigenvalue weighted by Crippen LogP contribution is -2.29. The summed E-state index contributed by atoms with van der Waals surface area (Å²) in [5, 5.41) is 10.5. The average molecular weight is 275 g/mol. The summed E-state index contributed by atoms with van der Waals surface area (Å²) in [5.41, 5.74) is 0.813. The second kappa shape index (κ2) is 6.70. The number of amides is 1. The van der Waals surface area contributed by atoms with Gasteiger partial charge in [-0.25, -0.2) is 0 Å². The third-order valence-electron chi connectivity index (χ3n) is 2.57. The first-order chi connectivity index (χ1) is 9.69. The summed E-state index contributed by atoms with van der Waals surface area (Å²) in [4.78, 5) is 11.4. The molecule has 0 unspecified atom stereocenters. The quantitative estimate of drug-likeness (QED) is 0.871. The van der Waals surface area contributed by atoms with Crippen LogP contribution < -0.4 is 10.1 Å². The maximum atomic E-state index is 11.4. The van der Waals surface area contributed by atoms with E-state index in [9.17, 15) is 4.79 Å². The van der Waals surface area contributed by atoms with E-state index in [-0.39, 0.29) is 12.5 Å². The van der Waals surface area contributed by atoms with Gasteiger partial charge in [0.25, 0.3) is 5.91 Å². The zero-order valence-electron chi connectivity index (χ0n) is 11.5. The lowest BCUT2D eigenvalue weighted by atomic mass is 10.2. The van der Waals surface area contributed by atoms with Crippen LogP contribution in [0.2, 0.25) is 0 Å². The summed E-state index contributed by atoms with van der Waals surface area (Å²) in [6.07, 6.45) is 0.907. The van der Waals surface area contributed by atoms with Gasteiger partial charge in [0.15, 0.2) is 6.61 Å². The van der Waals surface area contributed by atoms with Crippen LogP contribution in [-0.2, 0) is 4.79 Å². The van der Waals surface area contributed by atoms with Gasteiger partial charge in [-0.1, -0.05) is 6.92 Å². The Morgan fingerprint density at radius 2 is 2.05 bits per heavy atom. The molecule has 0 atom stereocenters. The summed E-state index contributed by atoms with van der Waals surface area (Å²) in [5.74, 6) is 1.49. The summed E-state index contributed by atoms with van der Waals surface area (Å²) in [6.45, 7) is 4.42. The zero-order valence-corrected chi connectivity index (χ0v) is 11.5. The molecule has 1 heterocycles. The van der Waals surface area contributed by atoms with Gasteiger partial charge in [-0.2, -0.15) is 0 Å². The number of nitrogens with one attached hydrogen (secondary N) is 1. The molecule has 0 aliphatic rings.